The molecule has 5 aromatic rings. The van der Waals surface area contributed by atoms with Crippen LogP contribution in [0.5, 0.6) is 0 Å². The SMILES string of the molecule is CC.c1ccc(-c2cc(-c3nc4ccccc4[nH]3)c3ccccc3n2)cc1. The average molecular weight is 351 g/mol. The fraction of sp³-hybridized carbons (Fsp3) is 0.0833. The summed E-state index contributed by atoms with van der Waals surface area (Å²) in [6, 6.07) is 28.7. The van der Waals surface area contributed by atoms with E-state index in [1.165, 1.54) is 0 Å². The number of H-pyrrole nitrogens is 1. The van der Waals surface area contributed by atoms with Gasteiger partial charge in [0.15, 0.2) is 0 Å². The number of nitrogens with zero attached hydrogens (tertiary/aromatic N) is 2. The second kappa shape index (κ2) is 7.42. The number of aromatic nitrogens is 3. The van der Waals surface area contributed by atoms with Gasteiger partial charge >= 0.3 is 0 Å². The number of aromatic amines is 1. The molecule has 0 amide bonds. The smallest absolute Gasteiger partial charge is 0.139 e. The standard InChI is InChI=1S/C22H15N3.C2H6/c1-2-8-15(9-3-1)21-14-17(16-10-4-5-11-18(16)23-21)22-24-19-12-6-7-13-20(19)25-22;1-2/h1-14H,(H,24,25);1-2H3. The molecule has 0 aliphatic heterocycles. The molecule has 0 aliphatic rings. The van der Waals surface area contributed by atoms with Crippen molar-refractivity contribution in [1.29, 1.82) is 0 Å². The first-order chi connectivity index (χ1) is 13.4. The Kier molecular flexibility index (Phi) is 4.67. The van der Waals surface area contributed by atoms with E-state index in [2.05, 4.69) is 29.2 Å². The van der Waals surface area contributed by atoms with Crippen LogP contribution < -0.4 is 0 Å². The second-order valence-corrected chi connectivity index (χ2v) is 6.04. The summed E-state index contributed by atoms with van der Waals surface area (Å²) in [6.45, 7) is 4.00. The van der Waals surface area contributed by atoms with Gasteiger partial charge in [-0.25, -0.2) is 9.97 Å². The van der Waals surface area contributed by atoms with Crippen LogP contribution in [-0.4, -0.2) is 15.0 Å². The number of fused-ring (bicyclic) bond motifs is 2. The topological polar surface area (TPSA) is 41.6 Å². The number of pyridine rings is 1. The highest BCUT2D eigenvalue weighted by atomic mass is 14.9. The van der Waals surface area contributed by atoms with Gasteiger partial charge in [0.25, 0.3) is 0 Å². The lowest BCUT2D eigenvalue weighted by Gasteiger charge is -2.08. The zero-order valence-corrected chi connectivity index (χ0v) is 15.5. The molecule has 3 heteroatoms. The number of benzene rings is 3. The van der Waals surface area contributed by atoms with Crippen molar-refractivity contribution in [3.63, 3.8) is 0 Å². The lowest BCUT2D eigenvalue weighted by Crippen LogP contribution is -1.90. The summed E-state index contributed by atoms with van der Waals surface area (Å²) in [5.74, 6) is 0.872. The van der Waals surface area contributed by atoms with Crippen molar-refractivity contribution in [3.05, 3.63) is 84.9 Å². The van der Waals surface area contributed by atoms with Crippen LogP contribution in [0.1, 0.15) is 13.8 Å². The molecule has 0 bridgehead atoms. The summed E-state index contributed by atoms with van der Waals surface area (Å²) in [5.41, 5.74) is 6.11. The fourth-order valence-corrected chi connectivity index (χ4v) is 3.21. The molecule has 1 N–H and O–H groups in total. The Morgan fingerprint density at radius 2 is 1.33 bits per heavy atom. The van der Waals surface area contributed by atoms with Crippen molar-refractivity contribution in [2.24, 2.45) is 0 Å². The summed E-state index contributed by atoms with van der Waals surface area (Å²) in [7, 11) is 0. The third kappa shape index (κ3) is 3.20. The monoisotopic (exact) mass is 351 g/mol. The van der Waals surface area contributed by atoms with E-state index in [9.17, 15) is 0 Å². The Labute approximate surface area is 158 Å². The van der Waals surface area contributed by atoms with E-state index in [0.717, 1.165) is 44.6 Å². The van der Waals surface area contributed by atoms with Crippen LogP contribution in [0.3, 0.4) is 0 Å². The molecule has 0 saturated heterocycles. The Morgan fingerprint density at radius 3 is 2.11 bits per heavy atom. The van der Waals surface area contributed by atoms with E-state index in [1.54, 1.807) is 0 Å². The van der Waals surface area contributed by atoms with Gasteiger partial charge in [-0.15, -0.1) is 0 Å². The average Bonchev–Trinajstić information content (AvgIpc) is 3.19. The maximum absolute atomic E-state index is 4.84. The van der Waals surface area contributed by atoms with Crippen molar-refractivity contribution in [2.75, 3.05) is 0 Å². The summed E-state index contributed by atoms with van der Waals surface area (Å²) in [5, 5.41) is 1.10. The summed E-state index contributed by atoms with van der Waals surface area (Å²) in [4.78, 5) is 13.1. The third-order valence-electron chi connectivity index (χ3n) is 4.43. The van der Waals surface area contributed by atoms with E-state index in [-0.39, 0.29) is 0 Å². The first-order valence-electron chi connectivity index (χ1n) is 9.29. The highest BCUT2D eigenvalue weighted by Gasteiger charge is 2.12. The number of hydrogen-bond donors (Lipinski definition) is 1. The van der Waals surface area contributed by atoms with Gasteiger partial charge in [-0.3, -0.25) is 0 Å². The molecule has 0 unspecified atom stereocenters. The van der Waals surface area contributed by atoms with Gasteiger partial charge < -0.3 is 4.98 Å². The van der Waals surface area contributed by atoms with Crippen LogP contribution in [0.15, 0.2) is 84.9 Å². The molecule has 2 heterocycles. The van der Waals surface area contributed by atoms with Crippen molar-refractivity contribution in [2.45, 2.75) is 13.8 Å². The van der Waals surface area contributed by atoms with Crippen molar-refractivity contribution >= 4 is 21.9 Å². The van der Waals surface area contributed by atoms with Crippen LogP contribution in [0, 0.1) is 0 Å². The summed E-state index contributed by atoms with van der Waals surface area (Å²) in [6.07, 6.45) is 0. The molecule has 0 saturated carbocycles. The van der Waals surface area contributed by atoms with Crippen molar-refractivity contribution in [3.8, 4) is 22.6 Å². The van der Waals surface area contributed by atoms with E-state index in [0.29, 0.717) is 0 Å². The van der Waals surface area contributed by atoms with Crippen LogP contribution in [-0.2, 0) is 0 Å². The van der Waals surface area contributed by atoms with E-state index in [1.807, 2.05) is 74.5 Å². The quantitative estimate of drug-likeness (QED) is 0.396. The molecular weight excluding hydrogens is 330 g/mol. The number of rotatable bonds is 2. The normalized spacial score (nSPS) is 10.6. The summed E-state index contributed by atoms with van der Waals surface area (Å²) < 4.78 is 0. The fourth-order valence-electron chi connectivity index (χ4n) is 3.21. The molecule has 3 nitrogen and oxygen atoms in total. The number of para-hydroxylation sites is 3. The maximum Gasteiger partial charge on any atom is 0.139 e. The van der Waals surface area contributed by atoms with Crippen LogP contribution in [0.2, 0.25) is 0 Å². The lowest BCUT2D eigenvalue weighted by molar-refractivity contribution is 1.32. The van der Waals surface area contributed by atoms with Crippen LogP contribution in [0.4, 0.5) is 0 Å². The van der Waals surface area contributed by atoms with Gasteiger partial charge in [0.1, 0.15) is 5.82 Å². The predicted octanol–water partition coefficient (Wildman–Crippen LogP) is 6.47. The predicted molar refractivity (Wildman–Crippen MR) is 114 cm³/mol. The van der Waals surface area contributed by atoms with E-state index in [4.69, 9.17) is 9.97 Å². The van der Waals surface area contributed by atoms with Crippen molar-refractivity contribution in [1.82, 2.24) is 15.0 Å². The largest absolute Gasteiger partial charge is 0.338 e. The minimum absolute atomic E-state index is 0.872. The zero-order chi connectivity index (χ0) is 18.6. The molecule has 0 spiro atoms. The van der Waals surface area contributed by atoms with E-state index < -0.39 is 0 Å². The number of imidazole rings is 1. The first kappa shape index (κ1) is 17.0. The number of nitrogens with one attached hydrogen (secondary N) is 1. The van der Waals surface area contributed by atoms with Gasteiger partial charge in [0.2, 0.25) is 0 Å². The van der Waals surface area contributed by atoms with Gasteiger partial charge in [-0.1, -0.05) is 74.5 Å². The molecule has 0 fully saturated rings. The Hall–Kier alpha value is -3.46. The Balaban J connectivity index is 0.000000872. The van der Waals surface area contributed by atoms with Crippen LogP contribution >= 0.6 is 0 Å². The molecule has 0 aliphatic carbocycles. The van der Waals surface area contributed by atoms with Crippen molar-refractivity contribution < 1.29 is 0 Å². The number of hydrogen-bond acceptors (Lipinski definition) is 2. The highest BCUT2D eigenvalue weighted by molar-refractivity contribution is 5.96. The minimum atomic E-state index is 0.872. The van der Waals surface area contributed by atoms with Gasteiger partial charge in [-0.2, -0.15) is 0 Å². The minimum Gasteiger partial charge on any atom is -0.338 e. The molecule has 2 aromatic heterocycles. The lowest BCUT2D eigenvalue weighted by atomic mass is 10.0. The van der Waals surface area contributed by atoms with Gasteiger partial charge in [-0.05, 0) is 24.3 Å². The maximum atomic E-state index is 4.84. The first-order valence-corrected chi connectivity index (χ1v) is 9.29. The molecule has 132 valence electrons. The van der Waals surface area contributed by atoms with Gasteiger partial charge in [0.05, 0.1) is 22.2 Å². The molecule has 3 aromatic carbocycles. The van der Waals surface area contributed by atoms with E-state index >= 15 is 0 Å². The molecule has 5 rings (SSSR count). The third-order valence-corrected chi connectivity index (χ3v) is 4.43. The summed E-state index contributed by atoms with van der Waals surface area (Å²) >= 11 is 0. The Morgan fingerprint density at radius 1 is 0.667 bits per heavy atom. The Bertz CT molecular complexity index is 1160. The molecule has 27 heavy (non-hydrogen) atoms. The zero-order valence-electron chi connectivity index (χ0n) is 15.5. The van der Waals surface area contributed by atoms with Crippen LogP contribution in [0.25, 0.3) is 44.6 Å². The highest BCUT2D eigenvalue weighted by Crippen LogP contribution is 2.31. The molecule has 0 radical (unpaired) electrons. The second-order valence-electron chi connectivity index (χ2n) is 6.04. The van der Waals surface area contributed by atoms with Gasteiger partial charge in [0, 0.05) is 16.5 Å². The molecule has 0 atom stereocenters. The molecular formula is C24H21N3.